The second kappa shape index (κ2) is 10.8. The molecule has 0 bridgehead atoms. The molecule has 1 amide bonds. The Balaban J connectivity index is 1.38. The first-order valence-electron chi connectivity index (χ1n) is 10.4. The molecule has 2 heterocycles. The third kappa shape index (κ3) is 7.35. The molecular formula is C24H31N3O2. The summed E-state index contributed by atoms with van der Waals surface area (Å²) in [6.07, 6.45) is 6.47. The van der Waals surface area contributed by atoms with Gasteiger partial charge in [-0.2, -0.15) is 0 Å². The van der Waals surface area contributed by atoms with Crippen molar-refractivity contribution < 1.29 is 9.53 Å². The van der Waals surface area contributed by atoms with Crippen molar-refractivity contribution in [3.63, 3.8) is 0 Å². The Morgan fingerprint density at radius 1 is 1.17 bits per heavy atom. The number of nitrogens with zero attached hydrogens (tertiary/aromatic N) is 2. The molecule has 1 N–H and O–H groups in total. The Bertz CT molecular complexity index is 780. The molecule has 2 unspecified atom stereocenters. The van der Waals surface area contributed by atoms with Crippen LogP contribution in [0, 0.1) is 11.8 Å². The van der Waals surface area contributed by atoms with Gasteiger partial charge in [0.2, 0.25) is 5.91 Å². The summed E-state index contributed by atoms with van der Waals surface area (Å²) in [7, 11) is 0. The third-order valence-corrected chi connectivity index (χ3v) is 5.09. The van der Waals surface area contributed by atoms with Crippen LogP contribution in [-0.4, -0.2) is 42.0 Å². The zero-order valence-corrected chi connectivity index (χ0v) is 17.4. The zero-order valence-electron chi connectivity index (χ0n) is 17.4. The van der Waals surface area contributed by atoms with Crippen molar-refractivity contribution in [1.29, 1.82) is 0 Å². The Kier molecular flexibility index (Phi) is 7.82. The van der Waals surface area contributed by atoms with Crippen molar-refractivity contribution in [2.45, 2.75) is 26.9 Å². The molecule has 0 aliphatic carbocycles. The molecule has 2 atom stereocenters. The summed E-state index contributed by atoms with van der Waals surface area (Å²) in [5, 5.41) is 2.98. The van der Waals surface area contributed by atoms with E-state index >= 15 is 0 Å². The Hall–Kier alpha value is -2.66. The monoisotopic (exact) mass is 393 g/mol. The molecule has 2 aromatic rings. The minimum atomic E-state index is -0.0569. The summed E-state index contributed by atoms with van der Waals surface area (Å²) < 4.78 is 5.73. The van der Waals surface area contributed by atoms with E-state index in [0.29, 0.717) is 13.2 Å². The van der Waals surface area contributed by atoms with E-state index in [1.54, 1.807) is 12.3 Å². The first kappa shape index (κ1) is 21.1. The number of rotatable bonds is 8. The maximum atomic E-state index is 12.1. The molecule has 5 nitrogen and oxygen atoms in total. The van der Waals surface area contributed by atoms with Gasteiger partial charge < -0.3 is 15.0 Å². The second-order valence-corrected chi connectivity index (χ2v) is 8.01. The third-order valence-electron chi connectivity index (χ3n) is 5.09. The largest absolute Gasteiger partial charge is 0.487 e. The highest BCUT2D eigenvalue weighted by molar-refractivity contribution is 5.91. The van der Waals surface area contributed by atoms with Gasteiger partial charge in [-0.1, -0.05) is 32.0 Å². The van der Waals surface area contributed by atoms with Crippen LogP contribution in [0.2, 0.25) is 0 Å². The molecule has 3 rings (SSSR count). The van der Waals surface area contributed by atoms with E-state index in [0.717, 1.165) is 48.5 Å². The molecule has 0 radical (unpaired) electrons. The van der Waals surface area contributed by atoms with Crippen molar-refractivity contribution in [3.05, 3.63) is 66.0 Å². The van der Waals surface area contributed by atoms with Crippen molar-refractivity contribution in [2.75, 3.05) is 26.2 Å². The fourth-order valence-corrected chi connectivity index (χ4v) is 3.86. The van der Waals surface area contributed by atoms with Crippen LogP contribution in [0.25, 0.3) is 6.08 Å². The standard InChI is InChI=1S/C24H31N3O2/c1-19-15-20(2)17-27(16-19)14-13-26-24(28)11-8-21-6-9-23(10-7-21)29-18-22-5-3-4-12-25-22/h3-12,19-20H,13-18H2,1-2H3,(H,26,28). The maximum Gasteiger partial charge on any atom is 0.244 e. The van der Waals surface area contributed by atoms with Crippen molar-refractivity contribution >= 4 is 12.0 Å². The molecular weight excluding hydrogens is 362 g/mol. The number of hydrogen-bond donors (Lipinski definition) is 1. The van der Waals surface area contributed by atoms with Gasteiger partial charge in [-0.05, 0) is 54.2 Å². The predicted molar refractivity (Wildman–Crippen MR) is 116 cm³/mol. The van der Waals surface area contributed by atoms with E-state index < -0.39 is 0 Å². The molecule has 1 aromatic heterocycles. The lowest BCUT2D eigenvalue weighted by Gasteiger charge is -2.34. The number of pyridine rings is 1. The van der Waals surface area contributed by atoms with Crippen LogP contribution in [0.3, 0.4) is 0 Å². The predicted octanol–water partition coefficient (Wildman–Crippen LogP) is 3.77. The molecule has 29 heavy (non-hydrogen) atoms. The number of aromatic nitrogens is 1. The van der Waals surface area contributed by atoms with Gasteiger partial charge in [0.25, 0.3) is 0 Å². The number of carbonyl (C=O) groups is 1. The summed E-state index contributed by atoms with van der Waals surface area (Å²) in [5.41, 5.74) is 1.85. The van der Waals surface area contributed by atoms with E-state index in [1.807, 2.05) is 48.5 Å². The van der Waals surface area contributed by atoms with E-state index in [9.17, 15) is 4.79 Å². The number of nitrogens with one attached hydrogen (secondary N) is 1. The van der Waals surface area contributed by atoms with Crippen LogP contribution >= 0.6 is 0 Å². The molecule has 0 spiro atoms. The zero-order chi connectivity index (χ0) is 20.5. The van der Waals surface area contributed by atoms with Gasteiger partial charge in [-0.25, -0.2) is 0 Å². The maximum absolute atomic E-state index is 12.1. The van der Waals surface area contributed by atoms with Gasteiger partial charge in [0.15, 0.2) is 0 Å². The van der Waals surface area contributed by atoms with Crippen LogP contribution < -0.4 is 10.1 Å². The molecule has 1 aliphatic heterocycles. The van der Waals surface area contributed by atoms with E-state index in [4.69, 9.17) is 4.74 Å². The van der Waals surface area contributed by atoms with Gasteiger partial charge in [-0.15, -0.1) is 0 Å². The fourth-order valence-electron chi connectivity index (χ4n) is 3.86. The summed E-state index contributed by atoms with van der Waals surface area (Å²) in [6, 6.07) is 13.4. The van der Waals surface area contributed by atoms with Gasteiger partial charge in [0.1, 0.15) is 12.4 Å². The van der Waals surface area contributed by atoms with E-state index in [-0.39, 0.29) is 5.91 Å². The van der Waals surface area contributed by atoms with Gasteiger partial charge in [0, 0.05) is 38.5 Å². The Morgan fingerprint density at radius 3 is 2.62 bits per heavy atom. The number of ether oxygens (including phenoxy) is 1. The van der Waals surface area contributed by atoms with Gasteiger partial charge in [-0.3, -0.25) is 9.78 Å². The van der Waals surface area contributed by atoms with Crippen LogP contribution in [0.4, 0.5) is 0 Å². The Labute approximate surface area is 173 Å². The highest BCUT2D eigenvalue weighted by atomic mass is 16.5. The smallest absolute Gasteiger partial charge is 0.244 e. The molecule has 1 aliphatic rings. The molecule has 154 valence electrons. The first-order valence-corrected chi connectivity index (χ1v) is 10.4. The minimum Gasteiger partial charge on any atom is -0.487 e. The normalized spacial score (nSPS) is 19.9. The van der Waals surface area contributed by atoms with E-state index in [2.05, 4.69) is 29.0 Å². The SMILES string of the molecule is CC1CC(C)CN(CCNC(=O)C=Cc2ccc(OCc3ccccn3)cc2)C1. The fraction of sp³-hybridized carbons (Fsp3) is 0.417. The number of piperidine rings is 1. The molecule has 1 saturated heterocycles. The number of carbonyl (C=O) groups excluding carboxylic acids is 1. The number of likely N-dealkylation sites (tertiary alicyclic amines) is 1. The van der Waals surface area contributed by atoms with Crippen LogP contribution in [0.15, 0.2) is 54.7 Å². The molecule has 1 fully saturated rings. The highest BCUT2D eigenvalue weighted by Gasteiger charge is 2.21. The number of hydrogen-bond acceptors (Lipinski definition) is 4. The van der Waals surface area contributed by atoms with Crippen LogP contribution in [-0.2, 0) is 11.4 Å². The summed E-state index contributed by atoms with van der Waals surface area (Å²) >= 11 is 0. The van der Waals surface area contributed by atoms with E-state index in [1.165, 1.54) is 6.42 Å². The minimum absolute atomic E-state index is 0.0569. The lowest BCUT2D eigenvalue weighted by molar-refractivity contribution is -0.116. The topological polar surface area (TPSA) is 54.5 Å². The van der Waals surface area contributed by atoms with Gasteiger partial charge >= 0.3 is 0 Å². The number of amides is 1. The van der Waals surface area contributed by atoms with Crippen molar-refractivity contribution in [1.82, 2.24) is 15.2 Å². The summed E-state index contributed by atoms with van der Waals surface area (Å²) in [6.45, 7) is 8.90. The quantitative estimate of drug-likeness (QED) is 0.694. The van der Waals surface area contributed by atoms with Crippen molar-refractivity contribution in [2.24, 2.45) is 11.8 Å². The lowest BCUT2D eigenvalue weighted by Crippen LogP contribution is -2.42. The second-order valence-electron chi connectivity index (χ2n) is 8.01. The highest BCUT2D eigenvalue weighted by Crippen LogP contribution is 2.20. The molecule has 1 aromatic carbocycles. The van der Waals surface area contributed by atoms with Gasteiger partial charge in [0.05, 0.1) is 5.69 Å². The molecule has 0 saturated carbocycles. The van der Waals surface area contributed by atoms with Crippen LogP contribution in [0.1, 0.15) is 31.5 Å². The summed E-state index contributed by atoms with van der Waals surface area (Å²) in [5.74, 6) is 2.20. The Morgan fingerprint density at radius 2 is 1.93 bits per heavy atom. The summed E-state index contributed by atoms with van der Waals surface area (Å²) in [4.78, 5) is 18.8. The van der Waals surface area contributed by atoms with Crippen molar-refractivity contribution in [3.8, 4) is 5.75 Å². The number of benzene rings is 1. The molecule has 5 heteroatoms. The first-order chi connectivity index (χ1) is 14.1. The average molecular weight is 394 g/mol. The lowest BCUT2D eigenvalue weighted by atomic mass is 9.92. The average Bonchev–Trinajstić information content (AvgIpc) is 2.71. The van der Waals surface area contributed by atoms with Crippen LogP contribution in [0.5, 0.6) is 5.75 Å².